The maximum absolute atomic E-state index is 13.2. The molecule has 2 rings (SSSR count). The molecule has 1 aromatic carbocycles. The van der Waals surface area contributed by atoms with Crippen molar-refractivity contribution in [1.82, 2.24) is 4.98 Å². The zero-order valence-electron chi connectivity index (χ0n) is 8.92. The number of aromatic nitrogens is 1. The van der Waals surface area contributed by atoms with E-state index in [0.717, 1.165) is 0 Å². The molecule has 0 spiro atoms. The molecule has 0 unspecified atom stereocenters. The second kappa shape index (κ2) is 5.21. The standard InChI is InChI=1S/C12H6Cl2FN3/c13-9-3-8(4-10(14)12(9)15)18-11-2-1-7(5-16)6-17-11/h1-4,6H,(H,17,18). The zero-order chi connectivity index (χ0) is 13.1. The van der Waals surface area contributed by atoms with Gasteiger partial charge in [0, 0.05) is 11.9 Å². The number of hydrogen-bond donors (Lipinski definition) is 1. The van der Waals surface area contributed by atoms with Gasteiger partial charge in [0.1, 0.15) is 11.9 Å². The molecule has 1 aromatic heterocycles. The highest BCUT2D eigenvalue weighted by Crippen LogP contribution is 2.28. The van der Waals surface area contributed by atoms with Crippen LogP contribution >= 0.6 is 23.2 Å². The maximum atomic E-state index is 13.2. The molecule has 0 aliphatic heterocycles. The number of rotatable bonds is 2. The van der Waals surface area contributed by atoms with E-state index in [4.69, 9.17) is 28.5 Å². The third-order valence-corrected chi connectivity index (χ3v) is 2.70. The summed E-state index contributed by atoms with van der Waals surface area (Å²) in [6.07, 6.45) is 1.43. The van der Waals surface area contributed by atoms with E-state index in [0.29, 0.717) is 17.1 Å². The third kappa shape index (κ3) is 2.70. The monoisotopic (exact) mass is 281 g/mol. The number of hydrogen-bond acceptors (Lipinski definition) is 3. The van der Waals surface area contributed by atoms with E-state index in [2.05, 4.69) is 10.3 Å². The summed E-state index contributed by atoms with van der Waals surface area (Å²) in [6.45, 7) is 0. The van der Waals surface area contributed by atoms with E-state index in [-0.39, 0.29) is 10.0 Å². The fraction of sp³-hybridized carbons (Fsp3) is 0. The first-order chi connectivity index (χ1) is 8.60. The van der Waals surface area contributed by atoms with Gasteiger partial charge in [0.2, 0.25) is 0 Å². The minimum Gasteiger partial charge on any atom is -0.340 e. The number of halogens is 3. The fourth-order valence-corrected chi connectivity index (χ4v) is 1.80. The Hall–Kier alpha value is -1.83. The van der Waals surface area contributed by atoms with Crippen molar-refractivity contribution in [2.24, 2.45) is 0 Å². The average molecular weight is 282 g/mol. The van der Waals surface area contributed by atoms with E-state index < -0.39 is 5.82 Å². The molecule has 0 aliphatic rings. The first-order valence-corrected chi connectivity index (χ1v) is 5.63. The van der Waals surface area contributed by atoms with Crippen molar-refractivity contribution in [3.63, 3.8) is 0 Å². The molecule has 90 valence electrons. The number of benzene rings is 1. The lowest BCUT2D eigenvalue weighted by molar-refractivity contribution is 0.629. The van der Waals surface area contributed by atoms with Crippen molar-refractivity contribution in [2.75, 3.05) is 5.32 Å². The molecule has 2 aromatic rings. The molecule has 0 radical (unpaired) electrons. The lowest BCUT2D eigenvalue weighted by Gasteiger charge is -2.07. The molecule has 18 heavy (non-hydrogen) atoms. The Bertz CT molecular complexity index is 597. The largest absolute Gasteiger partial charge is 0.340 e. The summed E-state index contributed by atoms with van der Waals surface area (Å²) < 4.78 is 13.2. The third-order valence-electron chi connectivity index (χ3n) is 2.15. The molecule has 0 saturated carbocycles. The van der Waals surface area contributed by atoms with Crippen LogP contribution < -0.4 is 5.32 Å². The van der Waals surface area contributed by atoms with E-state index >= 15 is 0 Å². The molecular formula is C12H6Cl2FN3. The van der Waals surface area contributed by atoms with Gasteiger partial charge in [-0.25, -0.2) is 9.37 Å². The maximum Gasteiger partial charge on any atom is 0.160 e. The SMILES string of the molecule is N#Cc1ccc(Nc2cc(Cl)c(F)c(Cl)c2)nc1. The zero-order valence-corrected chi connectivity index (χ0v) is 10.4. The second-order valence-corrected chi connectivity index (χ2v) is 4.24. The summed E-state index contributed by atoms with van der Waals surface area (Å²) >= 11 is 11.3. The van der Waals surface area contributed by atoms with Gasteiger partial charge in [0.05, 0.1) is 15.6 Å². The lowest BCUT2D eigenvalue weighted by Crippen LogP contribution is -1.94. The summed E-state index contributed by atoms with van der Waals surface area (Å²) in [6, 6.07) is 8.01. The quantitative estimate of drug-likeness (QED) is 0.842. The highest BCUT2D eigenvalue weighted by atomic mass is 35.5. The molecule has 0 bridgehead atoms. The average Bonchev–Trinajstić information content (AvgIpc) is 2.37. The van der Waals surface area contributed by atoms with Gasteiger partial charge in [-0.05, 0) is 24.3 Å². The highest BCUT2D eigenvalue weighted by Gasteiger charge is 2.07. The van der Waals surface area contributed by atoms with Crippen LogP contribution in [0.15, 0.2) is 30.5 Å². The second-order valence-electron chi connectivity index (χ2n) is 3.42. The van der Waals surface area contributed by atoms with Gasteiger partial charge < -0.3 is 5.32 Å². The van der Waals surface area contributed by atoms with Crippen molar-refractivity contribution >= 4 is 34.7 Å². The molecule has 0 aliphatic carbocycles. The van der Waals surface area contributed by atoms with Crippen LogP contribution in [0.5, 0.6) is 0 Å². The highest BCUT2D eigenvalue weighted by molar-refractivity contribution is 6.35. The Morgan fingerprint density at radius 3 is 2.39 bits per heavy atom. The van der Waals surface area contributed by atoms with Crippen molar-refractivity contribution < 1.29 is 4.39 Å². The van der Waals surface area contributed by atoms with Gasteiger partial charge in [0.25, 0.3) is 0 Å². The summed E-state index contributed by atoms with van der Waals surface area (Å²) in [4.78, 5) is 4.01. The van der Waals surface area contributed by atoms with Crippen LogP contribution in [0.1, 0.15) is 5.56 Å². The van der Waals surface area contributed by atoms with Crippen LogP contribution in [0.2, 0.25) is 10.0 Å². The van der Waals surface area contributed by atoms with Crippen LogP contribution in [0.4, 0.5) is 15.9 Å². The summed E-state index contributed by atoms with van der Waals surface area (Å²) in [5, 5.41) is 11.4. The van der Waals surface area contributed by atoms with Crippen molar-refractivity contribution in [3.05, 3.63) is 51.9 Å². The van der Waals surface area contributed by atoms with Gasteiger partial charge in [-0.1, -0.05) is 23.2 Å². The van der Waals surface area contributed by atoms with E-state index in [1.165, 1.54) is 18.3 Å². The van der Waals surface area contributed by atoms with Crippen molar-refractivity contribution in [1.29, 1.82) is 5.26 Å². The molecule has 1 N–H and O–H groups in total. The van der Waals surface area contributed by atoms with Crippen LogP contribution in [0.3, 0.4) is 0 Å². The molecular weight excluding hydrogens is 276 g/mol. The Balaban J connectivity index is 2.26. The number of pyridine rings is 1. The van der Waals surface area contributed by atoms with Crippen LogP contribution in [0, 0.1) is 17.1 Å². The number of nitrogens with zero attached hydrogens (tertiary/aromatic N) is 2. The van der Waals surface area contributed by atoms with Crippen molar-refractivity contribution in [2.45, 2.75) is 0 Å². The molecule has 0 atom stereocenters. The van der Waals surface area contributed by atoms with E-state index in [1.807, 2.05) is 6.07 Å². The van der Waals surface area contributed by atoms with E-state index in [1.54, 1.807) is 12.1 Å². The van der Waals surface area contributed by atoms with Crippen molar-refractivity contribution in [3.8, 4) is 6.07 Å². The van der Waals surface area contributed by atoms with Gasteiger partial charge >= 0.3 is 0 Å². The Morgan fingerprint density at radius 2 is 1.89 bits per heavy atom. The number of anilines is 2. The summed E-state index contributed by atoms with van der Waals surface area (Å²) in [5.74, 6) is -0.149. The Morgan fingerprint density at radius 1 is 1.22 bits per heavy atom. The van der Waals surface area contributed by atoms with Gasteiger partial charge in [-0.15, -0.1) is 0 Å². The Kier molecular flexibility index (Phi) is 3.66. The molecule has 1 heterocycles. The predicted molar refractivity (Wildman–Crippen MR) is 68.7 cm³/mol. The minimum absolute atomic E-state index is 0.0707. The van der Waals surface area contributed by atoms with Crippen LogP contribution in [0.25, 0.3) is 0 Å². The predicted octanol–water partition coefficient (Wildman–Crippen LogP) is 4.14. The molecule has 0 fully saturated rings. The molecule has 3 nitrogen and oxygen atoms in total. The minimum atomic E-state index is -0.656. The van der Waals surface area contributed by atoms with Gasteiger partial charge in [0.15, 0.2) is 5.82 Å². The lowest BCUT2D eigenvalue weighted by atomic mass is 10.3. The van der Waals surface area contributed by atoms with Crippen LogP contribution in [-0.4, -0.2) is 4.98 Å². The topological polar surface area (TPSA) is 48.7 Å². The number of nitriles is 1. The first-order valence-electron chi connectivity index (χ1n) is 4.88. The van der Waals surface area contributed by atoms with E-state index in [9.17, 15) is 4.39 Å². The molecule has 0 amide bonds. The van der Waals surface area contributed by atoms with Gasteiger partial charge in [-0.2, -0.15) is 5.26 Å². The summed E-state index contributed by atoms with van der Waals surface area (Å²) in [7, 11) is 0. The van der Waals surface area contributed by atoms with Crippen LogP contribution in [-0.2, 0) is 0 Å². The summed E-state index contributed by atoms with van der Waals surface area (Å²) in [5.41, 5.74) is 0.972. The number of nitrogens with one attached hydrogen (secondary N) is 1. The smallest absolute Gasteiger partial charge is 0.160 e. The normalized spacial score (nSPS) is 9.89. The fourth-order valence-electron chi connectivity index (χ4n) is 1.31. The Labute approximate surface area is 113 Å². The molecule has 0 saturated heterocycles. The molecule has 6 heteroatoms. The first kappa shape index (κ1) is 12.6. The van der Waals surface area contributed by atoms with Gasteiger partial charge in [-0.3, -0.25) is 0 Å².